The number of thiazole rings is 1. The highest BCUT2D eigenvalue weighted by atomic mass is 35.5. The predicted molar refractivity (Wildman–Crippen MR) is 103 cm³/mol. The van der Waals surface area contributed by atoms with Crippen molar-refractivity contribution in [1.82, 2.24) is 15.6 Å². The van der Waals surface area contributed by atoms with Gasteiger partial charge in [-0.1, -0.05) is 36.7 Å². The van der Waals surface area contributed by atoms with Crippen LogP contribution >= 0.6 is 22.9 Å². The van der Waals surface area contributed by atoms with E-state index in [0.29, 0.717) is 23.6 Å². The molecule has 26 heavy (non-hydrogen) atoms. The van der Waals surface area contributed by atoms with Crippen molar-refractivity contribution in [3.8, 4) is 0 Å². The van der Waals surface area contributed by atoms with Gasteiger partial charge in [-0.25, -0.2) is 9.78 Å². The largest absolute Gasteiger partial charge is 0.469 e. The Morgan fingerprint density at radius 2 is 2.12 bits per heavy atom. The minimum absolute atomic E-state index is 0.000397. The Bertz CT molecular complexity index is 751. The van der Waals surface area contributed by atoms with E-state index < -0.39 is 12.0 Å². The first-order valence-electron chi connectivity index (χ1n) is 8.32. The first-order chi connectivity index (χ1) is 12.5. The third kappa shape index (κ3) is 6.00. The van der Waals surface area contributed by atoms with Gasteiger partial charge in [-0.3, -0.25) is 4.79 Å². The van der Waals surface area contributed by atoms with E-state index in [1.54, 1.807) is 35.6 Å². The molecule has 0 fully saturated rings. The number of carbonyl (C=O) groups excluding carboxylic acids is 2. The predicted octanol–water partition coefficient (Wildman–Crippen LogP) is 3.51. The second kappa shape index (κ2) is 10.1. The third-order valence-electron chi connectivity index (χ3n) is 3.75. The van der Waals surface area contributed by atoms with Gasteiger partial charge in [0.05, 0.1) is 30.3 Å². The minimum Gasteiger partial charge on any atom is -0.469 e. The number of aryl methyl sites for hydroxylation is 1. The lowest BCUT2D eigenvalue weighted by Gasteiger charge is -2.19. The maximum Gasteiger partial charge on any atom is 0.315 e. The van der Waals surface area contributed by atoms with Crippen LogP contribution in [0.3, 0.4) is 0 Å². The van der Waals surface area contributed by atoms with Crippen molar-refractivity contribution in [3.63, 3.8) is 0 Å². The van der Waals surface area contributed by atoms with Gasteiger partial charge in [0.15, 0.2) is 0 Å². The van der Waals surface area contributed by atoms with Gasteiger partial charge >= 0.3 is 12.0 Å². The molecule has 0 aliphatic heterocycles. The quantitative estimate of drug-likeness (QED) is 0.670. The van der Waals surface area contributed by atoms with Crippen LogP contribution in [0.4, 0.5) is 4.79 Å². The molecule has 6 nitrogen and oxygen atoms in total. The summed E-state index contributed by atoms with van der Waals surface area (Å²) in [6.45, 7) is 2.51. The molecule has 0 aliphatic rings. The highest BCUT2D eigenvalue weighted by Crippen LogP contribution is 2.25. The van der Waals surface area contributed by atoms with E-state index >= 15 is 0 Å². The van der Waals surface area contributed by atoms with Crippen LogP contribution in [0.1, 0.15) is 35.7 Å². The molecule has 1 aromatic carbocycles. The van der Waals surface area contributed by atoms with Crippen LogP contribution in [0.25, 0.3) is 0 Å². The molecule has 140 valence electrons. The number of nitrogens with zero attached hydrogens (tertiary/aromatic N) is 1. The molecule has 1 atom stereocenters. The molecule has 0 spiro atoms. The van der Waals surface area contributed by atoms with Crippen molar-refractivity contribution in [2.45, 2.75) is 32.2 Å². The standard InChI is InChI=1S/C18H22ClN3O3S/c1-3-16-21-12(11-26-16)8-9-20-18(24)22-15(10-17(23)25-2)13-6-4-5-7-14(13)19/h4-7,11,15H,3,8-10H2,1-2H3,(H2,20,22,24). The lowest BCUT2D eigenvalue weighted by molar-refractivity contribution is -0.141. The Labute approximate surface area is 161 Å². The van der Waals surface area contributed by atoms with Crippen molar-refractivity contribution >= 4 is 34.9 Å². The number of amides is 2. The zero-order chi connectivity index (χ0) is 18.9. The summed E-state index contributed by atoms with van der Waals surface area (Å²) in [5.41, 5.74) is 1.63. The molecule has 8 heteroatoms. The van der Waals surface area contributed by atoms with Crippen LogP contribution < -0.4 is 10.6 Å². The topological polar surface area (TPSA) is 80.3 Å². The average molecular weight is 396 g/mol. The molecule has 1 aromatic heterocycles. The summed E-state index contributed by atoms with van der Waals surface area (Å²) >= 11 is 7.82. The monoisotopic (exact) mass is 395 g/mol. The molecular formula is C18H22ClN3O3S. The number of nitrogens with one attached hydrogen (secondary N) is 2. The van der Waals surface area contributed by atoms with Crippen LogP contribution in [0.2, 0.25) is 5.02 Å². The van der Waals surface area contributed by atoms with Crippen LogP contribution in [-0.4, -0.2) is 30.6 Å². The van der Waals surface area contributed by atoms with E-state index in [1.807, 2.05) is 5.38 Å². The maximum absolute atomic E-state index is 12.2. The van der Waals surface area contributed by atoms with Crippen LogP contribution in [0.15, 0.2) is 29.6 Å². The number of benzene rings is 1. The van der Waals surface area contributed by atoms with Gasteiger partial charge in [0.25, 0.3) is 0 Å². The van der Waals surface area contributed by atoms with Crippen molar-refractivity contribution < 1.29 is 14.3 Å². The number of halogens is 1. The van der Waals surface area contributed by atoms with E-state index in [1.165, 1.54) is 7.11 Å². The summed E-state index contributed by atoms with van der Waals surface area (Å²) in [4.78, 5) is 28.4. The molecule has 0 bridgehead atoms. The molecule has 2 N–H and O–H groups in total. The average Bonchev–Trinajstić information content (AvgIpc) is 3.09. The third-order valence-corrected chi connectivity index (χ3v) is 5.14. The molecule has 0 radical (unpaired) electrons. The normalized spacial score (nSPS) is 11.7. The van der Waals surface area contributed by atoms with Gasteiger partial charge in [0, 0.05) is 23.4 Å². The summed E-state index contributed by atoms with van der Waals surface area (Å²) in [5, 5.41) is 9.15. The van der Waals surface area contributed by atoms with E-state index in [4.69, 9.17) is 16.3 Å². The lowest BCUT2D eigenvalue weighted by Crippen LogP contribution is -2.39. The number of urea groups is 1. The second-order valence-corrected chi connectivity index (χ2v) is 6.94. The number of methoxy groups -OCH3 is 1. The number of hydrogen-bond donors (Lipinski definition) is 2. The van der Waals surface area contributed by atoms with E-state index in [-0.39, 0.29) is 12.5 Å². The molecule has 0 saturated heterocycles. The zero-order valence-corrected chi connectivity index (χ0v) is 16.3. The number of ether oxygens (including phenoxy) is 1. The Morgan fingerprint density at radius 1 is 1.35 bits per heavy atom. The molecule has 0 aliphatic carbocycles. The van der Waals surface area contributed by atoms with Gasteiger partial charge in [0.2, 0.25) is 0 Å². The van der Waals surface area contributed by atoms with E-state index in [0.717, 1.165) is 17.1 Å². The van der Waals surface area contributed by atoms with Gasteiger partial charge in [-0.15, -0.1) is 11.3 Å². The Balaban J connectivity index is 1.92. The van der Waals surface area contributed by atoms with Crippen molar-refractivity contribution in [1.29, 1.82) is 0 Å². The first-order valence-corrected chi connectivity index (χ1v) is 9.58. The summed E-state index contributed by atoms with van der Waals surface area (Å²) in [5.74, 6) is -0.426. The lowest BCUT2D eigenvalue weighted by atomic mass is 10.0. The fraction of sp³-hybridized carbons (Fsp3) is 0.389. The fourth-order valence-corrected chi connectivity index (χ4v) is 3.43. The highest BCUT2D eigenvalue weighted by Gasteiger charge is 2.20. The SMILES string of the molecule is CCc1nc(CCNC(=O)NC(CC(=O)OC)c2ccccc2Cl)cs1. The molecular weight excluding hydrogens is 374 g/mol. The van der Waals surface area contributed by atoms with Gasteiger partial charge in [-0.2, -0.15) is 0 Å². The number of aromatic nitrogens is 1. The van der Waals surface area contributed by atoms with Gasteiger partial charge in [0.1, 0.15) is 0 Å². The summed E-state index contributed by atoms with van der Waals surface area (Å²) in [6, 6.07) is 6.15. The highest BCUT2D eigenvalue weighted by molar-refractivity contribution is 7.09. The first kappa shape index (κ1) is 20.2. The molecule has 2 amide bonds. The van der Waals surface area contributed by atoms with Gasteiger partial charge < -0.3 is 15.4 Å². The number of esters is 1. The Kier molecular flexibility index (Phi) is 7.87. The van der Waals surface area contributed by atoms with Crippen LogP contribution in [0, 0.1) is 0 Å². The Hall–Kier alpha value is -2.12. The molecule has 1 heterocycles. The fourth-order valence-electron chi connectivity index (χ4n) is 2.39. The van der Waals surface area contributed by atoms with Gasteiger partial charge in [-0.05, 0) is 18.1 Å². The van der Waals surface area contributed by atoms with E-state index in [2.05, 4.69) is 22.5 Å². The summed E-state index contributed by atoms with van der Waals surface area (Å²) < 4.78 is 4.71. The molecule has 0 saturated carbocycles. The molecule has 1 unspecified atom stereocenters. The van der Waals surface area contributed by atoms with Crippen LogP contribution in [0.5, 0.6) is 0 Å². The zero-order valence-electron chi connectivity index (χ0n) is 14.8. The minimum atomic E-state index is -0.567. The second-order valence-electron chi connectivity index (χ2n) is 5.59. The smallest absolute Gasteiger partial charge is 0.315 e. The van der Waals surface area contributed by atoms with Crippen molar-refractivity contribution in [2.24, 2.45) is 0 Å². The number of rotatable bonds is 8. The molecule has 2 aromatic rings. The van der Waals surface area contributed by atoms with Crippen molar-refractivity contribution in [3.05, 3.63) is 50.9 Å². The number of hydrogen-bond acceptors (Lipinski definition) is 5. The van der Waals surface area contributed by atoms with Crippen molar-refractivity contribution in [2.75, 3.05) is 13.7 Å². The Morgan fingerprint density at radius 3 is 2.77 bits per heavy atom. The maximum atomic E-state index is 12.2. The number of carbonyl (C=O) groups is 2. The summed E-state index contributed by atoms with van der Waals surface area (Å²) in [7, 11) is 1.31. The molecule has 2 rings (SSSR count). The van der Waals surface area contributed by atoms with E-state index in [9.17, 15) is 9.59 Å². The van der Waals surface area contributed by atoms with Crippen LogP contribution in [-0.2, 0) is 22.4 Å². The summed E-state index contributed by atoms with van der Waals surface area (Å²) in [6.07, 6.45) is 1.56.